The number of aromatic nitrogens is 1. The summed E-state index contributed by atoms with van der Waals surface area (Å²) >= 11 is 1.66. The standard InChI is InChI=1S/C21H25N3O2S/c1-3-24(4-2)19(16-9-10-27-14-16)13-22-20(25)12-17-11-15-7-5-6-8-18(15)23-21(17)26/h5-11,14,19H,3-4,12-13H2,1-2H3,(H,22,25)(H,23,26). The molecule has 0 bridgehead atoms. The second-order valence-electron chi connectivity index (χ2n) is 6.49. The molecule has 3 aromatic rings. The van der Waals surface area contributed by atoms with Crippen molar-refractivity contribution in [2.24, 2.45) is 0 Å². The summed E-state index contributed by atoms with van der Waals surface area (Å²) in [5, 5.41) is 8.13. The van der Waals surface area contributed by atoms with Gasteiger partial charge in [-0.15, -0.1) is 0 Å². The molecule has 27 heavy (non-hydrogen) atoms. The van der Waals surface area contributed by atoms with E-state index >= 15 is 0 Å². The molecule has 0 saturated heterocycles. The van der Waals surface area contributed by atoms with E-state index in [2.05, 4.69) is 45.9 Å². The third kappa shape index (κ3) is 4.64. The van der Waals surface area contributed by atoms with Crippen LogP contribution in [0.2, 0.25) is 0 Å². The average Bonchev–Trinajstić information content (AvgIpc) is 3.20. The fourth-order valence-electron chi connectivity index (χ4n) is 3.36. The van der Waals surface area contributed by atoms with Crippen LogP contribution in [0, 0.1) is 0 Å². The molecule has 2 aromatic heterocycles. The molecule has 1 amide bonds. The van der Waals surface area contributed by atoms with Crippen LogP contribution in [0.5, 0.6) is 0 Å². The van der Waals surface area contributed by atoms with E-state index in [4.69, 9.17) is 0 Å². The Morgan fingerprint density at radius 3 is 2.70 bits per heavy atom. The van der Waals surface area contributed by atoms with Gasteiger partial charge in [0.05, 0.1) is 12.5 Å². The first-order valence-electron chi connectivity index (χ1n) is 9.26. The highest BCUT2D eigenvalue weighted by molar-refractivity contribution is 7.07. The van der Waals surface area contributed by atoms with Gasteiger partial charge in [0.1, 0.15) is 0 Å². The Labute approximate surface area is 163 Å². The SMILES string of the molecule is CCN(CC)C(CNC(=O)Cc1cc2ccccc2[nH]c1=O)c1ccsc1. The van der Waals surface area contributed by atoms with Crippen molar-refractivity contribution in [1.29, 1.82) is 0 Å². The van der Waals surface area contributed by atoms with E-state index in [9.17, 15) is 9.59 Å². The number of benzene rings is 1. The molecular formula is C21H25N3O2S. The third-order valence-corrected chi connectivity index (χ3v) is 5.56. The van der Waals surface area contributed by atoms with Crippen molar-refractivity contribution in [1.82, 2.24) is 15.2 Å². The summed E-state index contributed by atoms with van der Waals surface area (Å²) in [5.41, 5.74) is 2.28. The molecule has 0 radical (unpaired) electrons. The average molecular weight is 384 g/mol. The maximum absolute atomic E-state index is 12.5. The lowest BCUT2D eigenvalue weighted by Gasteiger charge is -2.29. The zero-order chi connectivity index (χ0) is 19.2. The number of aromatic amines is 1. The lowest BCUT2D eigenvalue weighted by molar-refractivity contribution is -0.120. The summed E-state index contributed by atoms with van der Waals surface area (Å²) in [4.78, 5) is 29.9. The third-order valence-electron chi connectivity index (χ3n) is 4.86. The molecule has 1 atom stereocenters. The first-order valence-corrected chi connectivity index (χ1v) is 10.2. The van der Waals surface area contributed by atoms with Crippen LogP contribution in [0.25, 0.3) is 10.9 Å². The fraction of sp³-hybridized carbons (Fsp3) is 0.333. The largest absolute Gasteiger partial charge is 0.354 e. The molecule has 1 aromatic carbocycles. The number of nitrogens with one attached hydrogen (secondary N) is 2. The topological polar surface area (TPSA) is 65.2 Å². The second kappa shape index (κ2) is 8.97. The van der Waals surface area contributed by atoms with E-state index in [-0.39, 0.29) is 23.9 Å². The van der Waals surface area contributed by atoms with Crippen molar-refractivity contribution in [2.75, 3.05) is 19.6 Å². The number of hydrogen-bond donors (Lipinski definition) is 2. The molecule has 0 fully saturated rings. The minimum atomic E-state index is -0.207. The lowest BCUT2D eigenvalue weighted by Crippen LogP contribution is -2.38. The van der Waals surface area contributed by atoms with Crippen LogP contribution < -0.4 is 10.9 Å². The minimum Gasteiger partial charge on any atom is -0.354 e. The molecule has 3 rings (SSSR count). The molecule has 0 aliphatic heterocycles. The molecule has 1 unspecified atom stereocenters. The van der Waals surface area contributed by atoms with Crippen LogP contribution in [0.1, 0.15) is 31.0 Å². The normalized spacial score (nSPS) is 12.4. The van der Waals surface area contributed by atoms with Gasteiger partial charge < -0.3 is 10.3 Å². The zero-order valence-electron chi connectivity index (χ0n) is 15.7. The molecule has 0 aliphatic carbocycles. The van der Waals surface area contributed by atoms with Crippen molar-refractivity contribution >= 4 is 28.1 Å². The highest BCUT2D eigenvalue weighted by Gasteiger charge is 2.19. The van der Waals surface area contributed by atoms with Gasteiger partial charge in [-0.1, -0.05) is 32.0 Å². The predicted octanol–water partition coefficient (Wildman–Crippen LogP) is 3.33. The van der Waals surface area contributed by atoms with E-state index < -0.39 is 0 Å². The molecule has 2 heterocycles. The Balaban J connectivity index is 1.69. The van der Waals surface area contributed by atoms with Crippen molar-refractivity contribution < 1.29 is 4.79 Å². The monoisotopic (exact) mass is 383 g/mol. The highest BCUT2D eigenvalue weighted by Crippen LogP contribution is 2.22. The number of amides is 1. The van der Waals surface area contributed by atoms with Crippen LogP contribution in [0.4, 0.5) is 0 Å². The number of likely N-dealkylation sites (N-methyl/N-ethyl adjacent to an activating group) is 1. The van der Waals surface area contributed by atoms with E-state index in [0.717, 1.165) is 24.0 Å². The van der Waals surface area contributed by atoms with Crippen LogP contribution in [-0.4, -0.2) is 35.4 Å². The Kier molecular flexibility index (Phi) is 6.42. The molecule has 2 N–H and O–H groups in total. The van der Waals surface area contributed by atoms with Gasteiger partial charge in [0.2, 0.25) is 5.91 Å². The summed E-state index contributed by atoms with van der Waals surface area (Å²) in [7, 11) is 0. The molecular weight excluding hydrogens is 358 g/mol. The molecule has 6 heteroatoms. The Bertz CT molecular complexity index is 945. The number of thiophene rings is 1. The first kappa shape index (κ1) is 19.3. The Morgan fingerprint density at radius 1 is 1.22 bits per heavy atom. The van der Waals surface area contributed by atoms with Crippen molar-refractivity contribution in [2.45, 2.75) is 26.3 Å². The number of nitrogens with zero attached hydrogens (tertiary/aromatic N) is 1. The maximum atomic E-state index is 12.5. The highest BCUT2D eigenvalue weighted by atomic mass is 32.1. The van der Waals surface area contributed by atoms with Gasteiger partial charge in [0.15, 0.2) is 0 Å². The van der Waals surface area contributed by atoms with Gasteiger partial charge in [-0.3, -0.25) is 14.5 Å². The number of H-pyrrole nitrogens is 1. The minimum absolute atomic E-state index is 0.0781. The van der Waals surface area contributed by atoms with Crippen LogP contribution in [-0.2, 0) is 11.2 Å². The van der Waals surface area contributed by atoms with E-state index in [1.54, 1.807) is 17.4 Å². The summed E-state index contributed by atoms with van der Waals surface area (Å²) in [5.74, 6) is -0.136. The summed E-state index contributed by atoms with van der Waals surface area (Å²) in [6, 6.07) is 11.6. The second-order valence-corrected chi connectivity index (χ2v) is 7.27. The molecule has 0 spiro atoms. The van der Waals surface area contributed by atoms with Crippen molar-refractivity contribution in [3.63, 3.8) is 0 Å². The van der Waals surface area contributed by atoms with Gasteiger partial charge in [-0.05, 0) is 53.0 Å². The summed E-state index contributed by atoms with van der Waals surface area (Å²) < 4.78 is 0. The van der Waals surface area contributed by atoms with Gasteiger partial charge in [-0.2, -0.15) is 11.3 Å². The summed E-state index contributed by atoms with van der Waals surface area (Å²) in [6.07, 6.45) is 0.0781. The van der Waals surface area contributed by atoms with Gasteiger partial charge >= 0.3 is 0 Å². The number of carbonyl (C=O) groups excluding carboxylic acids is 1. The van der Waals surface area contributed by atoms with Crippen molar-refractivity contribution in [3.8, 4) is 0 Å². The van der Waals surface area contributed by atoms with Crippen LogP contribution >= 0.6 is 11.3 Å². The number of hydrogen-bond acceptors (Lipinski definition) is 4. The number of para-hydroxylation sites is 1. The van der Waals surface area contributed by atoms with E-state index in [0.29, 0.717) is 12.1 Å². The number of pyridine rings is 1. The molecule has 5 nitrogen and oxygen atoms in total. The van der Waals surface area contributed by atoms with E-state index in [1.165, 1.54) is 5.56 Å². The van der Waals surface area contributed by atoms with Gasteiger partial charge in [0, 0.05) is 17.6 Å². The number of rotatable bonds is 8. The first-order chi connectivity index (χ1) is 13.1. The molecule has 0 saturated carbocycles. The Morgan fingerprint density at radius 2 is 2.00 bits per heavy atom. The van der Waals surface area contributed by atoms with Gasteiger partial charge in [0.25, 0.3) is 5.56 Å². The van der Waals surface area contributed by atoms with Gasteiger partial charge in [-0.25, -0.2) is 0 Å². The van der Waals surface area contributed by atoms with Crippen molar-refractivity contribution in [3.05, 3.63) is 68.6 Å². The molecule has 142 valence electrons. The fourth-order valence-corrected chi connectivity index (χ4v) is 4.06. The lowest BCUT2D eigenvalue weighted by atomic mass is 10.1. The number of carbonyl (C=O) groups is 1. The maximum Gasteiger partial charge on any atom is 0.252 e. The smallest absolute Gasteiger partial charge is 0.252 e. The van der Waals surface area contributed by atoms with Crippen LogP contribution in [0.15, 0.2) is 52.0 Å². The zero-order valence-corrected chi connectivity index (χ0v) is 16.5. The summed E-state index contributed by atoms with van der Waals surface area (Å²) in [6.45, 7) is 6.61. The van der Waals surface area contributed by atoms with E-state index in [1.807, 2.05) is 24.3 Å². The molecule has 0 aliphatic rings. The Hall–Kier alpha value is -2.44. The predicted molar refractivity (Wildman–Crippen MR) is 111 cm³/mol. The van der Waals surface area contributed by atoms with Crippen LogP contribution in [0.3, 0.4) is 0 Å². The quantitative estimate of drug-likeness (QED) is 0.627. The number of fused-ring (bicyclic) bond motifs is 1.